The van der Waals surface area contributed by atoms with E-state index in [1.54, 1.807) is 0 Å². The number of benzene rings is 2. The van der Waals surface area contributed by atoms with Crippen LogP contribution in [0.25, 0.3) is 11.1 Å². The van der Waals surface area contributed by atoms with Crippen LogP contribution in [0, 0.1) is 0 Å². The van der Waals surface area contributed by atoms with Gasteiger partial charge in [0.1, 0.15) is 0 Å². The minimum atomic E-state index is 0.864. The fourth-order valence-electron chi connectivity index (χ4n) is 5.66. The van der Waals surface area contributed by atoms with Crippen LogP contribution in [-0.2, 0) is 12.8 Å². The number of hydrogen-bond donors (Lipinski definition) is 0. The molecule has 0 aliphatic heterocycles. The van der Waals surface area contributed by atoms with Crippen molar-refractivity contribution in [2.24, 2.45) is 0 Å². The van der Waals surface area contributed by atoms with Gasteiger partial charge in [-0.15, -0.1) is 4.79 Å². The number of allylic oxidation sites excluding steroid dienone is 4. The highest BCUT2D eigenvalue weighted by atomic mass is 14.8. The van der Waals surface area contributed by atoms with Crippen LogP contribution in [0.1, 0.15) is 146 Å². The van der Waals surface area contributed by atoms with E-state index >= 15 is 0 Å². The average molecular weight is 553 g/mol. The first-order chi connectivity index (χ1) is 20.2. The molecular weight excluding hydrogens is 496 g/mol. The molecule has 2 nitrogen and oxygen atoms in total. The Balaban J connectivity index is 2.35. The molecule has 0 fully saturated rings. The maximum absolute atomic E-state index is 9.53. The van der Waals surface area contributed by atoms with Gasteiger partial charge in [-0.2, -0.15) is 0 Å². The van der Waals surface area contributed by atoms with Crippen LogP contribution in [0.2, 0.25) is 0 Å². The normalized spacial score (nSPS) is 11.8. The Hall–Kier alpha value is -2.92. The summed E-state index contributed by atoms with van der Waals surface area (Å²) >= 11 is 0. The molecule has 0 spiro atoms. The molecule has 0 saturated heterocycles. The molecule has 0 amide bonds. The van der Waals surface area contributed by atoms with Crippen LogP contribution in [0.4, 0.5) is 0 Å². The monoisotopic (exact) mass is 552 g/mol. The van der Waals surface area contributed by atoms with Crippen LogP contribution < -0.4 is 0 Å². The first-order valence-corrected chi connectivity index (χ1v) is 16.7. The zero-order chi connectivity index (χ0) is 29.5. The lowest BCUT2D eigenvalue weighted by molar-refractivity contribution is 0.00740. The van der Waals surface area contributed by atoms with Crippen LogP contribution in [0.5, 0.6) is 0 Å². The lowest BCUT2D eigenvalue weighted by Gasteiger charge is -2.19. The van der Waals surface area contributed by atoms with Crippen molar-refractivity contribution in [3.05, 3.63) is 99.6 Å². The highest BCUT2D eigenvalue weighted by Crippen LogP contribution is 2.36. The third-order valence-electron chi connectivity index (χ3n) is 8.03. The average Bonchev–Trinajstić information content (AvgIpc) is 3.00. The fourth-order valence-corrected chi connectivity index (χ4v) is 5.66. The van der Waals surface area contributed by atoms with E-state index in [0.29, 0.717) is 0 Å². The van der Waals surface area contributed by atoms with Crippen molar-refractivity contribution in [3.8, 4) is 0 Å². The van der Waals surface area contributed by atoms with Gasteiger partial charge in [0, 0.05) is 0 Å². The summed E-state index contributed by atoms with van der Waals surface area (Å²) in [5, 5.41) is 0. The summed E-state index contributed by atoms with van der Waals surface area (Å²) in [6, 6.07) is 18.0. The van der Waals surface area contributed by atoms with Crippen molar-refractivity contribution in [3.63, 3.8) is 0 Å². The van der Waals surface area contributed by atoms with E-state index in [2.05, 4.69) is 99.0 Å². The second-order valence-electron chi connectivity index (χ2n) is 11.4. The van der Waals surface area contributed by atoms with Gasteiger partial charge in [0.15, 0.2) is 0 Å². The van der Waals surface area contributed by atoms with Gasteiger partial charge in [-0.1, -0.05) is 140 Å². The second kappa shape index (κ2) is 21.8. The number of nitrogens with zero attached hydrogens (tertiary/aromatic N) is 2. The maximum atomic E-state index is 9.53. The predicted molar refractivity (Wildman–Crippen MR) is 180 cm³/mol. The van der Waals surface area contributed by atoms with Gasteiger partial charge in [0.05, 0.1) is 5.57 Å². The van der Waals surface area contributed by atoms with Gasteiger partial charge >= 0.3 is 5.87 Å². The van der Waals surface area contributed by atoms with Gasteiger partial charge in [-0.3, -0.25) is 0 Å². The smallest absolute Gasteiger partial charge is 0.303 e. The fraction of sp³-hybridized carbons (Fsp3) is 0.538. The largest absolute Gasteiger partial charge is 0.348 e. The van der Waals surface area contributed by atoms with Crippen molar-refractivity contribution in [2.75, 3.05) is 0 Å². The van der Waals surface area contributed by atoms with Crippen molar-refractivity contribution in [1.82, 2.24) is 0 Å². The van der Waals surface area contributed by atoms with E-state index in [1.165, 1.54) is 97.6 Å². The molecule has 0 aliphatic carbocycles. The maximum Gasteiger partial charge on any atom is 0.303 e. The number of unbranched alkanes of at least 4 members (excludes halogenated alkanes) is 9. The van der Waals surface area contributed by atoms with E-state index in [4.69, 9.17) is 0 Å². The molecule has 2 rings (SSSR count). The van der Waals surface area contributed by atoms with Crippen molar-refractivity contribution in [2.45, 2.75) is 137 Å². The van der Waals surface area contributed by atoms with Gasteiger partial charge in [0.25, 0.3) is 0 Å². The molecule has 0 saturated carbocycles. The molecule has 0 radical (unpaired) electrons. The summed E-state index contributed by atoms with van der Waals surface area (Å²) in [7, 11) is 0. The molecule has 41 heavy (non-hydrogen) atoms. The molecule has 0 heterocycles. The predicted octanol–water partition coefficient (Wildman–Crippen LogP) is 11.9. The Labute approximate surface area is 252 Å². The molecule has 2 aromatic rings. The highest BCUT2D eigenvalue weighted by molar-refractivity contribution is 5.88. The Morgan fingerprint density at radius 2 is 1.44 bits per heavy atom. The van der Waals surface area contributed by atoms with E-state index in [-0.39, 0.29) is 0 Å². The molecule has 222 valence electrons. The number of aryl methyl sites for hydroxylation is 2. The molecule has 0 unspecified atom stereocenters. The van der Waals surface area contributed by atoms with E-state index in [9.17, 15) is 5.53 Å². The third-order valence-corrected chi connectivity index (χ3v) is 8.03. The zero-order valence-corrected chi connectivity index (χ0v) is 26.7. The Morgan fingerprint density at radius 3 is 2.17 bits per heavy atom. The second-order valence-corrected chi connectivity index (χ2v) is 11.4. The van der Waals surface area contributed by atoms with E-state index < -0.39 is 0 Å². The molecule has 2 heteroatoms. The quantitative estimate of drug-likeness (QED) is 0.0369. The van der Waals surface area contributed by atoms with Gasteiger partial charge in [-0.25, -0.2) is 0 Å². The first kappa shape index (κ1) is 34.3. The summed E-state index contributed by atoms with van der Waals surface area (Å²) in [5.41, 5.74) is 18.4. The summed E-state index contributed by atoms with van der Waals surface area (Å²) in [5.74, 6) is 2.98. The zero-order valence-electron chi connectivity index (χ0n) is 26.7. The summed E-state index contributed by atoms with van der Waals surface area (Å²) in [6.45, 7) is 8.96. The summed E-state index contributed by atoms with van der Waals surface area (Å²) in [6.07, 6.45) is 24.9. The van der Waals surface area contributed by atoms with Crippen molar-refractivity contribution in [1.29, 1.82) is 0 Å². The van der Waals surface area contributed by atoms with E-state index in [1.807, 2.05) is 0 Å². The van der Waals surface area contributed by atoms with Gasteiger partial charge in [-0.05, 0) is 91.2 Å². The van der Waals surface area contributed by atoms with E-state index in [0.717, 1.165) is 50.5 Å². The van der Waals surface area contributed by atoms with Gasteiger partial charge < -0.3 is 5.53 Å². The standard InChI is InChI=1S/C39H56N2/c1-5-9-12-13-14-15-16-17-18-19-20-27-34-28-21-22-30-38(34)39(35-29-23-25-33(31-35)24-10-6-2)37(8-4)36(32-41-40)26-11-7-3/h18-19,21-23,25,28-31H,5-17,20,24,26-27H2,1-4H3. The Bertz CT molecular complexity index is 1160. The molecule has 2 aromatic carbocycles. The first-order valence-electron chi connectivity index (χ1n) is 16.7. The topological polar surface area (TPSA) is 36.4 Å². The van der Waals surface area contributed by atoms with Crippen LogP contribution >= 0.6 is 0 Å². The molecule has 0 aromatic heterocycles. The Kier molecular flexibility index (Phi) is 18.2. The van der Waals surface area contributed by atoms with Crippen molar-refractivity contribution < 1.29 is 4.79 Å². The van der Waals surface area contributed by atoms with Crippen molar-refractivity contribution >= 4 is 11.4 Å². The summed E-state index contributed by atoms with van der Waals surface area (Å²) < 4.78 is 0. The molecule has 0 N–H and O–H groups in total. The molecule has 0 bridgehead atoms. The van der Waals surface area contributed by atoms with Crippen LogP contribution in [0.3, 0.4) is 0 Å². The molecule has 0 atom stereocenters. The minimum Gasteiger partial charge on any atom is -0.348 e. The summed E-state index contributed by atoms with van der Waals surface area (Å²) in [4.78, 5) is 3.39. The molecular formula is C39H56N2. The SMILES string of the molecule is CCCCCCCCCC=CCCc1ccccc1C(=C(CC)C(=C=[N+]=[N-])CCCC)c1cccc(CCCC)c1. The number of rotatable bonds is 21. The highest BCUT2D eigenvalue weighted by Gasteiger charge is 2.19. The lowest BCUT2D eigenvalue weighted by Crippen LogP contribution is -2.03. The van der Waals surface area contributed by atoms with Gasteiger partial charge in [0.2, 0.25) is 0 Å². The molecule has 0 aliphatic rings. The van der Waals surface area contributed by atoms with Crippen LogP contribution in [-0.4, -0.2) is 10.7 Å². The van der Waals surface area contributed by atoms with Crippen LogP contribution in [0.15, 0.2) is 71.8 Å². The third kappa shape index (κ3) is 12.6. The minimum absolute atomic E-state index is 0.864. The lowest BCUT2D eigenvalue weighted by atomic mass is 9.83. The Morgan fingerprint density at radius 1 is 0.732 bits per heavy atom. The number of hydrogen-bond acceptors (Lipinski definition) is 0.